The van der Waals surface area contributed by atoms with Crippen LogP contribution in [0.1, 0.15) is 13.8 Å². The fourth-order valence-electron chi connectivity index (χ4n) is 2.88. The van der Waals surface area contributed by atoms with Crippen LogP contribution in [0.3, 0.4) is 0 Å². The third kappa shape index (κ3) is 5.39. The van der Waals surface area contributed by atoms with Crippen molar-refractivity contribution in [2.24, 2.45) is 0 Å². The van der Waals surface area contributed by atoms with Crippen LogP contribution in [-0.2, 0) is 14.8 Å². The lowest BCUT2D eigenvalue weighted by Gasteiger charge is -2.24. The molecule has 0 aliphatic rings. The van der Waals surface area contributed by atoms with Crippen molar-refractivity contribution in [1.29, 1.82) is 0 Å². The van der Waals surface area contributed by atoms with Gasteiger partial charge in [0.2, 0.25) is 5.91 Å². The smallest absolute Gasteiger partial charge is 0.264 e. The van der Waals surface area contributed by atoms with Gasteiger partial charge in [-0.1, -0.05) is 42.5 Å². The Morgan fingerprint density at radius 3 is 2.20 bits per heavy atom. The maximum atomic E-state index is 13.2. The van der Waals surface area contributed by atoms with Crippen molar-refractivity contribution in [3.05, 3.63) is 84.9 Å². The molecule has 6 nitrogen and oxygen atoms in total. The predicted octanol–water partition coefficient (Wildman–Crippen LogP) is 4.31. The second kappa shape index (κ2) is 9.45. The monoisotopic (exact) mass is 424 g/mol. The zero-order chi connectivity index (χ0) is 21.6. The summed E-state index contributed by atoms with van der Waals surface area (Å²) in [4.78, 5) is 12.9. The van der Waals surface area contributed by atoms with Crippen LogP contribution in [0.2, 0.25) is 0 Å². The van der Waals surface area contributed by atoms with E-state index in [4.69, 9.17) is 4.74 Å². The Kier molecular flexibility index (Phi) is 6.74. The van der Waals surface area contributed by atoms with Gasteiger partial charge in [0.1, 0.15) is 12.3 Å². The number of nitrogens with zero attached hydrogens (tertiary/aromatic N) is 1. The summed E-state index contributed by atoms with van der Waals surface area (Å²) in [5, 5.41) is 2.75. The Bertz CT molecular complexity index is 1080. The lowest BCUT2D eigenvalue weighted by molar-refractivity contribution is -0.114. The molecule has 1 N–H and O–H groups in total. The molecule has 0 aromatic heterocycles. The number of carbonyl (C=O) groups is 1. The van der Waals surface area contributed by atoms with Crippen LogP contribution in [0.15, 0.2) is 89.8 Å². The van der Waals surface area contributed by atoms with Gasteiger partial charge in [-0.25, -0.2) is 8.42 Å². The summed E-state index contributed by atoms with van der Waals surface area (Å²) in [5.74, 6) is 0.166. The molecule has 0 heterocycles. The SMILES string of the molecule is CC(C)Oc1cccc(NC(=O)CN(c2ccccc2)S(=O)(=O)c2ccccc2)c1. The Balaban J connectivity index is 1.85. The molecule has 0 atom stereocenters. The third-order valence-electron chi connectivity index (χ3n) is 4.15. The standard InChI is InChI=1S/C23H24N2O4S/c1-18(2)29-21-13-9-10-19(16-21)24-23(26)17-25(20-11-5-3-6-12-20)30(27,28)22-14-7-4-8-15-22/h3-16,18H,17H2,1-2H3,(H,24,26). The fraction of sp³-hybridized carbons (Fsp3) is 0.174. The Labute approximate surface area is 177 Å². The number of nitrogens with one attached hydrogen (secondary N) is 1. The average Bonchev–Trinajstić information content (AvgIpc) is 2.73. The van der Waals surface area contributed by atoms with Crippen LogP contribution in [0.5, 0.6) is 5.75 Å². The van der Waals surface area contributed by atoms with Crippen molar-refractivity contribution in [3.8, 4) is 5.75 Å². The van der Waals surface area contributed by atoms with Gasteiger partial charge in [0.05, 0.1) is 16.7 Å². The molecule has 3 rings (SSSR count). The number of hydrogen-bond acceptors (Lipinski definition) is 4. The molecule has 3 aromatic carbocycles. The highest BCUT2D eigenvalue weighted by atomic mass is 32.2. The topological polar surface area (TPSA) is 75.7 Å². The minimum atomic E-state index is -3.92. The normalized spacial score (nSPS) is 11.2. The Hall–Kier alpha value is -3.32. The van der Waals surface area contributed by atoms with E-state index >= 15 is 0 Å². The van der Waals surface area contributed by atoms with E-state index in [0.717, 1.165) is 4.31 Å². The molecule has 0 aliphatic carbocycles. The highest BCUT2D eigenvalue weighted by Crippen LogP contribution is 2.24. The molecule has 0 saturated heterocycles. The minimum Gasteiger partial charge on any atom is -0.491 e. The van der Waals surface area contributed by atoms with Gasteiger partial charge in [0.25, 0.3) is 10.0 Å². The van der Waals surface area contributed by atoms with E-state index in [1.165, 1.54) is 12.1 Å². The van der Waals surface area contributed by atoms with Crippen LogP contribution in [0, 0.1) is 0 Å². The van der Waals surface area contributed by atoms with E-state index in [9.17, 15) is 13.2 Å². The van der Waals surface area contributed by atoms with Crippen molar-refractivity contribution >= 4 is 27.3 Å². The van der Waals surface area contributed by atoms with Crippen LogP contribution < -0.4 is 14.4 Å². The number of sulfonamides is 1. The van der Waals surface area contributed by atoms with Gasteiger partial charge >= 0.3 is 0 Å². The van der Waals surface area contributed by atoms with Crippen molar-refractivity contribution in [3.63, 3.8) is 0 Å². The molecule has 0 fully saturated rings. The summed E-state index contributed by atoms with van der Waals surface area (Å²) in [6.07, 6.45) is 0.000499. The van der Waals surface area contributed by atoms with Crippen LogP contribution in [0.4, 0.5) is 11.4 Å². The molecule has 1 amide bonds. The number of carbonyl (C=O) groups excluding carboxylic acids is 1. The van der Waals surface area contributed by atoms with Crippen LogP contribution in [-0.4, -0.2) is 27.0 Å². The van der Waals surface area contributed by atoms with Gasteiger partial charge in [-0.3, -0.25) is 9.10 Å². The van der Waals surface area contributed by atoms with E-state index in [2.05, 4.69) is 5.32 Å². The summed E-state index contributed by atoms with van der Waals surface area (Å²) in [5.41, 5.74) is 0.941. The molecule has 0 aliphatic heterocycles. The van der Waals surface area contributed by atoms with E-state index in [1.54, 1.807) is 72.8 Å². The molecular weight excluding hydrogens is 400 g/mol. The molecule has 0 unspecified atom stereocenters. The molecule has 0 bridgehead atoms. The molecular formula is C23H24N2O4S. The predicted molar refractivity (Wildman–Crippen MR) is 118 cm³/mol. The fourth-order valence-corrected chi connectivity index (χ4v) is 4.32. The summed E-state index contributed by atoms with van der Waals surface area (Å²) in [6.45, 7) is 3.46. The first-order valence-electron chi connectivity index (χ1n) is 9.55. The first kappa shape index (κ1) is 21.4. The highest BCUT2D eigenvalue weighted by Gasteiger charge is 2.27. The second-order valence-corrected chi connectivity index (χ2v) is 8.77. The molecule has 0 saturated carbocycles. The first-order valence-corrected chi connectivity index (χ1v) is 11.0. The molecule has 3 aromatic rings. The minimum absolute atomic E-state index is 0.000499. The third-order valence-corrected chi connectivity index (χ3v) is 5.94. The molecule has 30 heavy (non-hydrogen) atoms. The largest absolute Gasteiger partial charge is 0.491 e. The van der Waals surface area contributed by atoms with Gasteiger partial charge in [0.15, 0.2) is 0 Å². The number of amides is 1. The lowest BCUT2D eigenvalue weighted by atomic mass is 10.3. The summed E-state index contributed by atoms with van der Waals surface area (Å²) in [7, 11) is -3.92. The van der Waals surface area contributed by atoms with E-state index in [1.807, 2.05) is 13.8 Å². The number of hydrogen-bond donors (Lipinski definition) is 1. The quantitative estimate of drug-likeness (QED) is 0.585. The molecule has 156 valence electrons. The summed E-state index contributed by atoms with van der Waals surface area (Å²) in [6, 6.07) is 23.6. The van der Waals surface area contributed by atoms with Gasteiger partial charge in [-0.15, -0.1) is 0 Å². The Morgan fingerprint density at radius 1 is 0.933 bits per heavy atom. The number of para-hydroxylation sites is 1. The summed E-state index contributed by atoms with van der Waals surface area (Å²) >= 11 is 0. The zero-order valence-corrected chi connectivity index (χ0v) is 17.7. The zero-order valence-electron chi connectivity index (χ0n) is 16.9. The Morgan fingerprint density at radius 2 is 1.57 bits per heavy atom. The van der Waals surface area contributed by atoms with Crippen LogP contribution >= 0.6 is 0 Å². The van der Waals surface area contributed by atoms with Crippen molar-refractivity contribution in [2.75, 3.05) is 16.2 Å². The van der Waals surface area contributed by atoms with E-state index in [0.29, 0.717) is 17.1 Å². The van der Waals surface area contributed by atoms with Gasteiger partial charge in [0, 0.05) is 11.8 Å². The molecule has 0 spiro atoms. The summed E-state index contributed by atoms with van der Waals surface area (Å²) < 4.78 is 33.2. The average molecular weight is 425 g/mol. The lowest BCUT2D eigenvalue weighted by Crippen LogP contribution is -2.38. The number of rotatable bonds is 8. The van der Waals surface area contributed by atoms with Crippen molar-refractivity contribution in [1.82, 2.24) is 0 Å². The van der Waals surface area contributed by atoms with Crippen molar-refractivity contribution < 1.29 is 17.9 Å². The van der Waals surface area contributed by atoms with Gasteiger partial charge in [-0.2, -0.15) is 0 Å². The maximum absolute atomic E-state index is 13.2. The van der Waals surface area contributed by atoms with Gasteiger partial charge < -0.3 is 10.1 Å². The van der Waals surface area contributed by atoms with Crippen molar-refractivity contribution in [2.45, 2.75) is 24.8 Å². The number of benzene rings is 3. The number of ether oxygens (including phenoxy) is 1. The number of anilines is 2. The van der Waals surface area contributed by atoms with E-state index in [-0.39, 0.29) is 17.5 Å². The first-order chi connectivity index (χ1) is 14.4. The highest BCUT2D eigenvalue weighted by molar-refractivity contribution is 7.92. The van der Waals surface area contributed by atoms with Crippen LogP contribution in [0.25, 0.3) is 0 Å². The van der Waals surface area contributed by atoms with Gasteiger partial charge in [-0.05, 0) is 50.2 Å². The molecule has 0 radical (unpaired) electrons. The molecule has 7 heteroatoms. The maximum Gasteiger partial charge on any atom is 0.264 e. The van der Waals surface area contributed by atoms with E-state index < -0.39 is 15.9 Å². The second-order valence-electron chi connectivity index (χ2n) is 6.90.